The van der Waals surface area contributed by atoms with Gasteiger partial charge in [0.25, 0.3) is 0 Å². The van der Waals surface area contributed by atoms with Gasteiger partial charge < -0.3 is 15.3 Å². The van der Waals surface area contributed by atoms with Crippen molar-refractivity contribution in [2.45, 2.75) is 55.9 Å². The molecule has 4 aromatic rings. The molecule has 6 nitrogen and oxygen atoms in total. The first-order valence-corrected chi connectivity index (χ1v) is 15.1. The van der Waals surface area contributed by atoms with Crippen LogP contribution in [0.4, 0.5) is 14.5 Å². The molecule has 0 saturated carbocycles. The molecule has 2 aromatic carbocycles. The summed E-state index contributed by atoms with van der Waals surface area (Å²) < 4.78 is 31.1. The number of hydrogen-bond acceptors (Lipinski definition) is 6. The second-order valence-electron chi connectivity index (χ2n) is 12.2. The number of benzene rings is 2. The molecule has 8 rings (SSSR count). The second-order valence-corrected chi connectivity index (χ2v) is 12.6. The fraction of sp³-hybridized carbons (Fsp3) is 0.394. The van der Waals surface area contributed by atoms with Gasteiger partial charge in [-0.25, -0.2) is 13.8 Å². The minimum absolute atomic E-state index is 0.00581. The van der Waals surface area contributed by atoms with E-state index in [1.54, 1.807) is 24.4 Å². The van der Waals surface area contributed by atoms with Gasteiger partial charge in [-0.3, -0.25) is 9.88 Å². The normalized spacial score (nSPS) is 27.0. The van der Waals surface area contributed by atoms with Gasteiger partial charge in [-0.1, -0.05) is 29.7 Å². The lowest BCUT2D eigenvalue weighted by Crippen LogP contribution is -2.51. The molecule has 2 N–H and O–H groups in total. The van der Waals surface area contributed by atoms with E-state index < -0.39 is 17.5 Å². The number of nitrogens with one attached hydrogen (secondary N) is 1. The van der Waals surface area contributed by atoms with Crippen LogP contribution in [-0.2, 0) is 0 Å². The molecular formula is C33H30ClF2N5O. The van der Waals surface area contributed by atoms with Crippen molar-refractivity contribution < 1.29 is 13.9 Å². The molecule has 9 heteroatoms. The van der Waals surface area contributed by atoms with E-state index in [4.69, 9.17) is 16.6 Å². The number of aromatic hydroxyl groups is 1. The van der Waals surface area contributed by atoms with Crippen LogP contribution in [0, 0.1) is 17.7 Å². The predicted octanol–water partition coefficient (Wildman–Crippen LogP) is 5.82. The van der Waals surface area contributed by atoms with Gasteiger partial charge in [0, 0.05) is 65.7 Å². The Balaban J connectivity index is 1.32. The SMILES string of the molecule is Oc1cc(-c2ncc3c(N4CC5CCC(C4)N5)cc(C#CC45CCCN4CC(F)C5)nc3c2F)c2c(Cl)cccc2c1. The average molecular weight is 586 g/mol. The first-order valence-electron chi connectivity index (χ1n) is 14.7. The van der Waals surface area contributed by atoms with Crippen LogP contribution >= 0.6 is 11.6 Å². The Kier molecular flexibility index (Phi) is 6.08. The molecule has 2 bridgehead atoms. The van der Waals surface area contributed by atoms with Crippen molar-refractivity contribution in [1.29, 1.82) is 0 Å². The summed E-state index contributed by atoms with van der Waals surface area (Å²) in [6.45, 7) is 2.87. The molecule has 4 aliphatic rings. The van der Waals surface area contributed by atoms with Crippen molar-refractivity contribution in [1.82, 2.24) is 20.2 Å². The standard InChI is InChI=1S/C33H30ClF2N5O/c34-27-4-1-3-19-11-24(42)13-25(29(19)27)31-30(36)32-26(15-37-31)28(40-17-22-5-6-23(18-40)38-22)12-21(39-32)7-9-33-8-2-10-41(33)16-20(35)14-33/h1,3-4,11-13,15,20,22-23,38,42H,2,5-6,8,10,14,16-18H2. The van der Waals surface area contributed by atoms with Crippen LogP contribution in [-0.4, -0.2) is 69.9 Å². The van der Waals surface area contributed by atoms with Gasteiger partial charge in [0.1, 0.15) is 28.8 Å². The van der Waals surface area contributed by atoms with Crippen LogP contribution in [0.5, 0.6) is 5.75 Å². The van der Waals surface area contributed by atoms with E-state index in [9.17, 15) is 9.50 Å². The summed E-state index contributed by atoms with van der Waals surface area (Å²) in [5, 5.41) is 16.5. The Morgan fingerprint density at radius 2 is 1.95 bits per heavy atom. The molecule has 0 amide bonds. The summed E-state index contributed by atoms with van der Waals surface area (Å²) >= 11 is 6.57. The Labute approximate surface area is 247 Å². The number of aromatic nitrogens is 2. The van der Waals surface area contributed by atoms with Crippen LogP contribution in [0.1, 0.15) is 37.8 Å². The van der Waals surface area contributed by atoms with Crippen LogP contribution in [0.15, 0.2) is 42.6 Å². The van der Waals surface area contributed by atoms with E-state index in [2.05, 4.69) is 31.9 Å². The highest BCUT2D eigenvalue weighted by atomic mass is 35.5. The highest BCUT2D eigenvalue weighted by molar-refractivity contribution is 6.36. The molecule has 2 aromatic heterocycles. The van der Waals surface area contributed by atoms with Crippen LogP contribution in [0.25, 0.3) is 32.9 Å². The minimum atomic E-state index is -0.883. The van der Waals surface area contributed by atoms with Crippen molar-refractivity contribution in [2.24, 2.45) is 0 Å². The first-order chi connectivity index (χ1) is 20.4. The molecule has 4 saturated heterocycles. The smallest absolute Gasteiger partial charge is 0.175 e. The van der Waals surface area contributed by atoms with Crippen molar-refractivity contribution >= 4 is 39.0 Å². The second kappa shape index (κ2) is 9.77. The number of pyridine rings is 2. The monoisotopic (exact) mass is 585 g/mol. The lowest BCUT2D eigenvalue weighted by atomic mass is 9.94. The molecule has 214 valence electrons. The molecule has 42 heavy (non-hydrogen) atoms. The van der Waals surface area contributed by atoms with Crippen molar-refractivity contribution in [2.75, 3.05) is 31.1 Å². The molecule has 6 heterocycles. The number of anilines is 1. The third kappa shape index (κ3) is 4.21. The molecule has 0 radical (unpaired) electrons. The largest absolute Gasteiger partial charge is 0.508 e. The zero-order valence-electron chi connectivity index (χ0n) is 23.0. The van der Waals surface area contributed by atoms with Crippen LogP contribution < -0.4 is 10.2 Å². The zero-order chi connectivity index (χ0) is 28.6. The molecule has 4 aliphatic heterocycles. The molecule has 0 spiro atoms. The fourth-order valence-corrected chi connectivity index (χ4v) is 7.95. The van der Waals surface area contributed by atoms with Gasteiger partial charge in [0.15, 0.2) is 5.82 Å². The predicted molar refractivity (Wildman–Crippen MR) is 161 cm³/mol. The van der Waals surface area contributed by atoms with Crippen LogP contribution in [0.3, 0.4) is 0 Å². The molecule has 4 unspecified atom stereocenters. The van der Waals surface area contributed by atoms with Gasteiger partial charge in [0.05, 0.1) is 11.2 Å². The van der Waals surface area contributed by atoms with Gasteiger partial charge in [-0.15, -0.1) is 0 Å². The third-order valence-corrected chi connectivity index (χ3v) is 9.84. The van der Waals surface area contributed by atoms with E-state index in [1.807, 2.05) is 12.1 Å². The van der Waals surface area contributed by atoms with E-state index in [0.717, 1.165) is 51.0 Å². The van der Waals surface area contributed by atoms with Crippen molar-refractivity contribution in [3.05, 3.63) is 59.1 Å². The number of halogens is 3. The summed E-state index contributed by atoms with van der Waals surface area (Å²) in [5.74, 6) is 6.04. The van der Waals surface area contributed by atoms with E-state index in [0.29, 0.717) is 57.5 Å². The number of nitrogens with zero attached hydrogens (tertiary/aromatic N) is 4. The summed E-state index contributed by atoms with van der Waals surface area (Å²) in [6.07, 6.45) is 5.23. The van der Waals surface area contributed by atoms with Crippen molar-refractivity contribution in [3.63, 3.8) is 0 Å². The van der Waals surface area contributed by atoms with Crippen LogP contribution in [0.2, 0.25) is 5.02 Å². The minimum Gasteiger partial charge on any atom is -0.508 e. The maximum atomic E-state index is 16.7. The summed E-state index contributed by atoms with van der Waals surface area (Å²) in [4.78, 5) is 13.8. The maximum absolute atomic E-state index is 16.7. The molecule has 4 fully saturated rings. The van der Waals surface area contributed by atoms with Gasteiger partial charge >= 0.3 is 0 Å². The highest BCUT2D eigenvalue weighted by Gasteiger charge is 2.47. The lowest BCUT2D eigenvalue weighted by molar-refractivity contribution is 0.255. The Hall–Kier alpha value is -3.51. The summed E-state index contributed by atoms with van der Waals surface area (Å²) in [6, 6.07) is 11.1. The van der Waals surface area contributed by atoms with E-state index in [1.165, 1.54) is 6.07 Å². The number of alkyl halides is 1. The number of phenols is 1. The zero-order valence-corrected chi connectivity index (χ0v) is 23.8. The van der Waals surface area contributed by atoms with E-state index in [-0.39, 0.29) is 17.0 Å². The Morgan fingerprint density at radius 1 is 1.12 bits per heavy atom. The molecule has 0 aliphatic carbocycles. The average Bonchev–Trinajstić information content (AvgIpc) is 3.61. The van der Waals surface area contributed by atoms with Gasteiger partial charge in [-0.2, -0.15) is 0 Å². The lowest BCUT2D eigenvalue weighted by Gasteiger charge is -2.35. The first kappa shape index (κ1) is 26.1. The summed E-state index contributed by atoms with van der Waals surface area (Å²) in [5.41, 5.74) is 1.47. The molecular weight excluding hydrogens is 556 g/mol. The highest BCUT2D eigenvalue weighted by Crippen LogP contribution is 2.41. The maximum Gasteiger partial charge on any atom is 0.175 e. The van der Waals surface area contributed by atoms with Gasteiger partial charge in [0.2, 0.25) is 0 Å². The van der Waals surface area contributed by atoms with E-state index >= 15 is 4.39 Å². The quantitative estimate of drug-likeness (QED) is 0.289. The topological polar surface area (TPSA) is 64.5 Å². The number of phenolic OH excluding ortho intramolecular Hbond substituents is 1. The number of fused-ring (bicyclic) bond motifs is 5. The fourth-order valence-electron chi connectivity index (χ4n) is 7.67. The van der Waals surface area contributed by atoms with Gasteiger partial charge in [-0.05, 0) is 67.8 Å². The number of piperazine rings is 1. The third-order valence-electron chi connectivity index (χ3n) is 9.52. The Morgan fingerprint density at radius 3 is 2.79 bits per heavy atom. The number of hydrogen-bond donors (Lipinski definition) is 2. The Bertz CT molecular complexity index is 1810. The molecule has 4 atom stereocenters. The summed E-state index contributed by atoms with van der Waals surface area (Å²) in [7, 11) is 0. The number of rotatable bonds is 2. The van der Waals surface area contributed by atoms with Crippen molar-refractivity contribution in [3.8, 4) is 28.8 Å².